The van der Waals surface area contributed by atoms with E-state index in [1.807, 2.05) is 6.92 Å². The number of ether oxygens (including phenoxy) is 1. The van der Waals surface area contributed by atoms with Crippen LogP contribution in [0.25, 0.3) is 5.52 Å². The molecule has 0 saturated carbocycles. The molecule has 122 valence electrons. The van der Waals surface area contributed by atoms with Crippen LogP contribution in [0.1, 0.15) is 38.2 Å². The molecular weight excluding hydrogens is 282 g/mol. The number of aliphatic hydroxyl groups is 1. The van der Waals surface area contributed by atoms with Crippen LogP contribution in [0.4, 0.5) is 5.95 Å². The molecule has 0 bridgehead atoms. The van der Waals surface area contributed by atoms with Gasteiger partial charge in [-0.3, -0.25) is 0 Å². The molecule has 3 heterocycles. The number of aromatic nitrogens is 4. The fourth-order valence-electron chi connectivity index (χ4n) is 2.33. The number of nitrogens with two attached hydrogens (primary N) is 1. The summed E-state index contributed by atoms with van der Waals surface area (Å²) in [6.45, 7) is 7.64. The van der Waals surface area contributed by atoms with Gasteiger partial charge in [0.05, 0.1) is 24.6 Å². The molecule has 1 fully saturated rings. The van der Waals surface area contributed by atoms with Crippen LogP contribution < -0.4 is 5.73 Å². The quantitative estimate of drug-likeness (QED) is 0.869. The molecule has 3 rings (SSSR count). The zero-order valence-corrected chi connectivity index (χ0v) is 13.5. The lowest BCUT2D eigenvalue weighted by Crippen LogP contribution is -2.21. The van der Waals surface area contributed by atoms with Crippen molar-refractivity contribution < 1.29 is 9.84 Å². The number of aryl methyl sites for hydroxylation is 1. The van der Waals surface area contributed by atoms with E-state index in [0.717, 1.165) is 42.9 Å². The fraction of sp³-hybridized carbons (Fsp3) is 0.667. The van der Waals surface area contributed by atoms with E-state index in [0.29, 0.717) is 12.5 Å². The third kappa shape index (κ3) is 4.38. The molecule has 0 spiro atoms. The van der Waals surface area contributed by atoms with Crippen molar-refractivity contribution in [1.82, 2.24) is 19.6 Å². The lowest BCUT2D eigenvalue weighted by atomic mass is 10.1. The number of hydrogen-bond donors (Lipinski definition) is 2. The number of nitrogen functional groups attached to an aromatic ring is 1. The standard InChI is InChI=1S/C10H15N5.C5H10O2/c1-6(2)4-9-13-7(3)8-5-12-10(11)14-15(8)9;6-5-2-1-3-7-4-5/h5-6H,4H2,1-3H3,(H2,11,14);5-6H,1-4H2. The Balaban J connectivity index is 0.000000211. The molecule has 1 atom stereocenters. The molecule has 0 radical (unpaired) electrons. The maximum Gasteiger partial charge on any atom is 0.238 e. The Kier molecular flexibility index (Phi) is 5.68. The van der Waals surface area contributed by atoms with Crippen molar-refractivity contribution in [2.24, 2.45) is 5.92 Å². The molecule has 7 heteroatoms. The molecule has 2 aromatic rings. The molecule has 1 unspecified atom stereocenters. The minimum Gasteiger partial charge on any atom is -0.391 e. The predicted octanol–water partition coefficient (Wildman–Crippen LogP) is 1.37. The second kappa shape index (κ2) is 7.51. The highest BCUT2D eigenvalue weighted by Gasteiger charge is 2.11. The first-order chi connectivity index (χ1) is 10.5. The lowest BCUT2D eigenvalue weighted by molar-refractivity contribution is -0.00535. The summed E-state index contributed by atoms with van der Waals surface area (Å²) in [4.78, 5) is 8.44. The highest BCUT2D eigenvalue weighted by Crippen LogP contribution is 2.13. The lowest BCUT2D eigenvalue weighted by Gasteiger charge is -2.15. The SMILES string of the molecule is Cc1nc(CC(C)C)n2nc(N)ncc12.OC1CCCOC1. The summed E-state index contributed by atoms with van der Waals surface area (Å²) < 4.78 is 6.72. The van der Waals surface area contributed by atoms with E-state index >= 15 is 0 Å². The van der Waals surface area contributed by atoms with Gasteiger partial charge in [-0.25, -0.2) is 14.5 Å². The van der Waals surface area contributed by atoms with Gasteiger partial charge in [0.25, 0.3) is 0 Å². The highest BCUT2D eigenvalue weighted by molar-refractivity contribution is 5.50. The first-order valence-corrected chi connectivity index (χ1v) is 7.70. The minimum atomic E-state index is -0.186. The summed E-state index contributed by atoms with van der Waals surface area (Å²) in [5.74, 6) is 1.78. The monoisotopic (exact) mass is 307 g/mol. The Hall–Kier alpha value is -1.73. The first kappa shape index (κ1) is 16.6. The van der Waals surface area contributed by atoms with Gasteiger partial charge in [0, 0.05) is 13.0 Å². The van der Waals surface area contributed by atoms with Gasteiger partial charge in [-0.15, -0.1) is 5.10 Å². The van der Waals surface area contributed by atoms with E-state index in [1.54, 1.807) is 10.7 Å². The van der Waals surface area contributed by atoms with E-state index in [2.05, 4.69) is 28.9 Å². The Morgan fingerprint density at radius 3 is 2.82 bits per heavy atom. The Morgan fingerprint density at radius 1 is 1.50 bits per heavy atom. The number of imidazole rings is 1. The van der Waals surface area contributed by atoms with Crippen molar-refractivity contribution in [3.8, 4) is 0 Å². The fourth-order valence-corrected chi connectivity index (χ4v) is 2.33. The molecule has 22 heavy (non-hydrogen) atoms. The van der Waals surface area contributed by atoms with Crippen LogP contribution in [0, 0.1) is 12.8 Å². The number of fused-ring (bicyclic) bond motifs is 1. The average Bonchev–Trinajstić information content (AvgIpc) is 2.75. The van der Waals surface area contributed by atoms with E-state index in [-0.39, 0.29) is 12.1 Å². The number of rotatable bonds is 2. The molecule has 1 aliphatic heterocycles. The van der Waals surface area contributed by atoms with Gasteiger partial charge in [-0.1, -0.05) is 13.8 Å². The number of anilines is 1. The van der Waals surface area contributed by atoms with Gasteiger partial charge in [-0.05, 0) is 25.7 Å². The summed E-state index contributed by atoms with van der Waals surface area (Å²) in [7, 11) is 0. The Labute approximate surface area is 130 Å². The average molecular weight is 307 g/mol. The molecule has 2 aromatic heterocycles. The van der Waals surface area contributed by atoms with Gasteiger partial charge in [0.1, 0.15) is 11.3 Å². The Morgan fingerprint density at radius 2 is 2.27 bits per heavy atom. The largest absolute Gasteiger partial charge is 0.391 e. The van der Waals surface area contributed by atoms with Crippen molar-refractivity contribution in [1.29, 1.82) is 0 Å². The van der Waals surface area contributed by atoms with E-state index in [1.165, 1.54) is 0 Å². The van der Waals surface area contributed by atoms with Crippen LogP contribution in [0.15, 0.2) is 6.20 Å². The molecule has 0 aromatic carbocycles. The molecule has 0 amide bonds. The van der Waals surface area contributed by atoms with E-state index in [9.17, 15) is 0 Å². The smallest absolute Gasteiger partial charge is 0.238 e. The van der Waals surface area contributed by atoms with Crippen molar-refractivity contribution in [3.05, 3.63) is 17.7 Å². The highest BCUT2D eigenvalue weighted by atomic mass is 16.5. The van der Waals surface area contributed by atoms with Gasteiger partial charge < -0.3 is 15.6 Å². The van der Waals surface area contributed by atoms with Crippen LogP contribution >= 0.6 is 0 Å². The predicted molar refractivity (Wildman–Crippen MR) is 84.5 cm³/mol. The second-order valence-electron chi connectivity index (χ2n) is 6.00. The summed E-state index contributed by atoms with van der Waals surface area (Å²) in [5.41, 5.74) is 7.44. The second-order valence-corrected chi connectivity index (χ2v) is 6.00. The number of nitrogens with zero attached hydrogens (tertiary/aromatic N) is 4. The molecular formula is C15H25N5O2. The van der Waals surface area contributed by atoms with Crippen molar-refractivity contribution >= 4 is 11.5 Å². The molecule has 1 aliphatic rings. The third-order valence-corrected chi connectivity index (χ3v) is 3.39. The first-order valence-electron chi connectivity index (χ1n) is 7.70. The van der Waals surface area contributed by atoms with Gasteiger partial charge in [0.2, 0.25) is 5.95 Å². The zero-order valence-electron chi connectivity index (χ0n) is 13.5. The van der Waals surface area contributed by atoms with E-state index < -0.39 is 0 Å². The maximum atomic E-state index is 8.78. The van der Waals surface area contributed by atoms with Crippen LogP contribution in [0.5, 0.6) is 0 Å². The van der Waals surface area contributed by atoms with E-state index in [4.69, 9.17) is 15.6 Å². The topological polar surface area (TPSA) is 98.6 Å². The van der Waals surface area contributed by atoms with Crippen LogP contribution in [-0.4, -0.2) is 44.0 Å². The van der Waals surface area contributed by atoms with Crippen LogP contribution in [0.3, 0.4) is 0 Å². The summed E-state index contributed by atoms with van der Waals surface area (Å²) in [5, 5.41) is 13.0. The van der Waals surface area contributed by atoms with Crippen molar-refractivity contribution in [2.45, 2.75) is 46.1 Å². The van der Waals surface area contributed by atoms with Gasteiger partial charge in [-0.2, -0.15) is 0 Å². The van der Waals surface area contributed by atoms with Crippen LogP contribution in [0.2, 0.25) is 0 Å². The summed E-state index contributed by atoms with van der Waals surface area (Å²) in [6, 6.07) is 0. The zero-order chi connectivity index (χ0) is 16.1. The van der Waals surface area contributed by atoms with Crippen molar-refractivity contribution in [2.75, 3.05) is 18.9 Å². The maximum absolute atomic E-state index is 8.78. The van der Waals surface area contributed by atoms with Crippen LogP contribution in [-0.2, 0) is 11.2 Å². The third-order valence-electron chi connectivity index (χ3n) is 3.39. The molecule has 1 saturated heterocycles. The normalized spacial score (nSPS) is 18.3. The Bertz CT molecular complexity index is 605. The minimum absolute atomic E-state index is 0.186. The number of aliphatic hydroxyl groups excluding tert-OH is 1. The summed E-state index contributed by atoms with van der Waals surface area (Å²) >= 11 is 0. The van der Waals surface area contributed by atoms with Crippen molar-refractivity contribution in [3.63, 3.8) is 0 Å². The molecule has 7 nitrogen and oxygen atoms in total. The number of hydrogen-bond acceptors (Lipinski definition) is 6. The van der Waals surface area contributed by atoms with Gasteiger partial charge >= 0.3 is 0 Å². The summed E-state index contributed by atoms with van der Waals surface area (Å²) in [6.07, 6.45) is 4.36. The molecule has 0 aliphatic carbocycles. The van der Waals surface area contributed by atoms with Gasteiger partial charge in [0.15, 0.2) is 0 Å². The molecule has 3 N–H and O–H groups in total.